The van der Waals surface area contributed by atoms with E-state index in [0.29, 0.717) is 16.2 Å². The van der Waals surface area contributed by atoms with E-state index in [9.17, 15) is 4.79 Å². The smallest absolute Gasteiger partial charge is 0.305 e. The molecular formula is C10H10ClN3O2. The Morgan fingerprint density at radius 3 is 3.12 bits per heavy atom. The number of hydrogen-bond acceptors (Lipinski definition) is 3. The van der Waals surface area contributed by atoms with Crippen LogP contribution in [0.1, 0.15) is 18.0 Å². The average Bonchev–Trinajstić information content (AvgIpc) is 2.65. The molecule has 0 bridgehead atoms. The number of fused-ring (bicyclic) bond motifs is 1. The van der Waals surface area contributed by atoms with Crippen molar-refractivity contribution < 1.29 is 9.90 Å². The number of carboxylic acid groups (broad SMARTS) is 1. The van der Waals surface area contributed by atoms with Gasteiger partial charge in [-0.05, 0) is 6.07 Å². The van der Waals surface area contributed by atoms with Gasteiger partial charge in [0.2, 0.25) is 0 Å². The number of aromatic amines is 1. The molecule has 4 N–H and O–H groups in total. The Morgan fingerprint density at radius 2 is 2.44 bits per heavy atom. The molecule has 0 radical (unpaired) electrons. The summed E-state index contributed by atoms with van der Waals surface area (Å²) in [6.07, 6.45) is 3.06. The minimum absolute atomic E-state index is 0.169. The third-order valence-electron chi connectivity index (χ3n) is 2.34. The first-order chi connectivity index (χ1) is 7.59. The van der Waals surface area contributed by atoms with Crippen molar-refractivity contribution in [3.63, 3.8) is 0 Å². The molecule has 0 unspecified atom stereocenters. The molecular weight excluding hydrogens is 230 g/mol. The van der Waals surface area contributed by atoms with E-state index >= 15 is 0 Å². The highest BCUT2D eigenvalue weighted by atomic mass is 35.5. The van der Waals surface area contributed by atoms with Gasteiger partial charge in [0, 0.05) is 29.4 Å². The second kappa shape index (κ2) is 4.11. The first-order valence-corrected chi connectivity index (χ1v) is 5.06. The average molecular weight is 240 g/mol. The predicted octanol–water partition coefficient (Wildman–Crippen LogP) is 1.69. The van der Waals surface area contributed by atoms with E-state index in [1.165, 1.54) is 6.20 Å². The van der Waals surface area contributed by atoms with E-state index < -0.39 is 12.0 Å². The van der Waals surface area contributed by atoms with Gasteiger partial charge in [-0.25, -0.2) is 4.98 Å². The molecule has 0 aliphatic carbocycles. The summed E-state index contributed by atoms with van der Waals surface area (Å²) in [7, 11) is 0. The van der Waals surface area contributed by atoms with Crippen molar-refractivity contribution in [3.05, 3.63) is 29.0 Å². The van der Waals surface area contributed by atoms with E-state index in [0.717, 1.165) is 5.39 Å². The van der Waals surface area contributed by atoms with Crippen LogP contribution in [0.3, 0.4) is 0 Å². The number of halogens is 1. The first kappa shape index (κ1) is 10.9. The quantitative estimate of drug-likeness (QED) is 0.760. The number of aliphatic carboxylic acids is 1. The molecule has 84 valence electrons. The summed E-state index contributed by atoms with van der Waals surface area (Å²) < 4.78 is 0. The molecule has 0 spiro atoms. The van der Waals surface area contributed by atoms with Crippen molar-refractivity contribution >= 4 is 28.6 Å². The molecule has 0 aliphatic heterocycles. The highest BCUT2D eigenvalue weighted by Crippen LogP contribution is 2.29. The van der Waals surface area contributed by atoms with E-state index in [4.69, 9.17) is 22.4 Å². The maximum atomic E-state index is 10.6. The van der Waals surface area contributed by atoms with Crippen LogP contribution in [0.2, 0.25) is 5.02 Å². The lowest BCUT2D eigenvalue weighted by Gasteiger charge is -2.11. The van der Waals surface area contributed by atoms with Gasteiger partial charge in [-0.2, -0.15) is 0 Å². The SMILES string of the molecule is N[C@@H](CC(=O)O)c1cnc2[nH]ccc2c1Cl. The summed E-state index contributed by atoms with van der Waals surface area (Å²) in [6.45, 7) is 0. The zero-order valence-corrected chi connectivity index (χ0v) is 9.03. The number of pyridine rings is 1. The van der Waals surface area contributed by atoms with Crippen LogP contribution in [0, 0.1) is 0 Å². The number of nitrogens with two attached hydrogens (primary N) is 1. The number of carbonyl (C=O) groups is 1. The first-order valence-electron chi connectivity index (χ1n) is 4.68. The van der Waals surface area contributed by atoms with Crippen LogP contribution in [0.15, 0.2) is 18.5 Å². The van der Waals surface area contributed by atoms with Crippen LogP contribution in [0.4, 0.5) is 0 Å². The Kier molecular flexibility index (Phi) is 2.80. The third-order valence-corrected chi connectivity index (χ3v) is 2.76. The van der Waals surface area contributed by atoms with Crippen LogP contribution in [0.25, 0.3) is 11.0 Å². The van der Waals surface area contributed by atoms with E-state index in [-0.39, 0.29) is 6.42 Å². The van der Waals surface area contributed by atoms with Gasteiger partial charge in [0.15, 0.2) is 0 Å². The number of hydrogen-bond donors (Lipinski definition) is 3. The Morgan fingerprint density at radius 1 is 1.69 bits per heavy atom. The van der Waals surface area contributed by atoms with Crippen LogP contribution in [-0.2, 0) is 4.79 Å². The Balaban J connectivity index is 2.44. The Bertz CT molecular complexity index is 538. The molecule has 2 aromatic heterocycles. The number of nitrogens with zero attached hydrogens (tertiary/aromatic N) is 1. The molecule has 0 amide bonds. The number of carboxylic acids is 1. The molecule has 2 aromatic rings. The maximum Gasteiger partial charge on any atom is 0.305 e. The molecule has 0 saturated heterocycles. The predicted molar refractivity (Wildman–Crippen MR) is 60.3 cm³/mol. The maximum absolute atomic E-state index is 10.6. The summed E-state index contributed by atoms with van der Waals surface area (Å²) >= 11 is 6.13. The second-order valence-electron chi connectivity index (χ2n) is 3.47. The number of H-pyrrole nitrogens is 1. The van der Waals surface area contributed by atoms with E-state index in [1.54, 1.807) is 12.3 Å². The van der Waals surface area contributed by atoms with Crippen molar-refractivity contribution in [1.82, 2.24) is 9.97 Å². The zero-order valence-electron chi connectivity index (χ0n) is 8.27. The van der Waals surface area contributed by atoms with Gasteiger partial charge in [0.05, 0.1) is 11.4 Å². The molecule has 2 heterocycles. The molecule has 0 saturated carbocycles. The fourth-order valence-corrected chi connectivity index (χ4v) is 1.89. The Hall–Kier alpha value is -1.59. The molecule has 5 nitrogen and oxygen atoms in total. The minimum Gasteiger partial charge on any atom is -0.481 e. The largest absolute Gasteiger partial charge is 0.481 e. The Labute approximate surface area is 96.2 Å². The lowest BCUT2D eigenvalue weighted by atomic mass is 10.1. The fourth-order valence-electron chi connectivity index (χ4n) is 1.55. The van der Waals surface area contributed by atoms with Crippen molar-refractivity contribution in [2.24, 2.45) is 5.73 Å². The summed E-state index contributed by atoms with van der Waals surface area (Å²) in [5, 5.41) is 9.87. The normalized spacial score (nSPS) is 12.9. The van der Waals surface area contributed by atoms with Crippen LogP contribution < -0.4 is 5.73 Å². The molecule has 6 heteroatoms. The third kappa shape index (κ3) is 1.87. The van der Waals surface area contributed by atoms with Crippen molar-refractivity contribution in [2.75, 3.05) is 0 Å². The highest BCUT2D eigenvalue weighted by molar-refractivity contribution is 6.36. The van der Waals surface area contributed by atoms with Crippen molar-refractivity contribution in [3.8, 4) is 0 Å². The topological polar surface area (TPSA) is 92.0 Å². The summed E-state index contributed by atoms with van der Waals surface area (Å²) in [4.78, 5) is 17.6. The van der Waals surface area contributed by atoms with E-state index in [2.05, 4.69) is 9.97 Å². The molecule has 0 aliphatic rings. The van der Waals surface area contributed by atoms with Gasteiger partial charge in [0.25, 0.3) is 0 Å². The van der Waals surface area contributed by atoms with E-state index in [1.807, 2.05) is 0 Å². The fraction of sp³-hybridized carbons (Fsp3) is 0.200. The molecule has 1 atom stereocenters. The van der Waals surface area contributed by atoms with Gasteiger partial charge in [-0.3, -0.25) is 4.79 Å². The minimum atomic E-state index is -0.960. The number of nitrogens with one attached hydrogen (secondary N) is 1. The molecule has 0 fully saturated rings. The van der Waals surface area contributed by atoms with Gasteiger partial charge < -0.3 is 15.8 Å². The van der Waals surface area contributed by atoms with Gasteiger partial charge in [0.1, 0.15) is 5.65 Å². The standard InChI is InChI=1S/C10H10ClN3O2/c11-9-5-1-2-13-10(5)14-4-6(9)7(12)3-8(15)16/h1-2,4,7H,3,12H2,(H,13,14)(H,15,16)/t7-/m0/s1. The lowest BCUT2D eigenvalue weighted by molar-refractivity contribution is -0.137. The number of rotatable bonds is 3. The van der Waals surface area contributed by atoms with Gasteiger partial charge in [-0.1, -0.05) is 11.6 Å². The molecule has 0 aromatic carbocycles. The summed E-state index contributed by atoms with van der Waals surface area (Å²) in [5.41, 5.74) is 6.96. The van der Waals surface area contributed by atoms with Gasteiger partial charge >= 0.3 is 5.97 Å². The molecule has 2 rings (SSSR count). The summed E-state index contributed by atoms with van der Waals surface area (Å²) in [5.74, 6) is -0.960. The highest BCUT2D eigenvalue weighted by Gasteiger charge is 2.16. The zero-order chi connectivity index (χ0) is 11.7. The van der Waals surface area contributed by atoms with Crippen LogP contribution in [0.5, 0.6) is 0 Å². The number of aromatic nitrogens is 2. The van der Waals surface area contributed by atoms with Crippen molar-refractivity contribution in [2.45, 2.75) is 12.5 Å². The van der Waals surface area contributed by atoms with Crippen LogP contribution in [-0.4, -0.2) is 21.0 Å². The lowest BCUT2D eigenvalue weighted by Crippen LogP contribution is -2.15. The molecule has 16 heavy (non-hydrogen) atoms. The summed E-state index contributed by atoms with van der Waals surface area (Å²) in [6, 6.07) is 1.14. The second-order valence-corrected chi connectivity index (χ2v) is 3.85. The monoisotopic (exact) mass is 239 g/mol. The van der Waals surface area contributed by atoms with Crippen LogP contribution >= 0.6 is 11.6 Å². The van der Waals surface area contributed by atoms with Crippen molar-refractivity contribution in [1.29, 1.82) is 0 Å². The van der Waals surface area contributed by atoms with Gasteiger partial charge in [-0.15, -0.1) is 0 Å².